The maximum Gasteiger partial charge on any atom is 0.326 e. The molecule has 0 bridgehead atoms. The Hall–Kier alpha value is -2.15. The van der Waals surface area contributed by atoms with E-state index in [0.717, 1.165) is 31.6 Å². The molecule has 0 aliphatic carbocycles. The van der Waals surface area contributed by atoms with Crippen molar-refractivity contribution in [2.75, 3.05) is 31.1 Å². The predicted molar refractivity (Wildman–Crippen MR) is 98.7 cm³/mol. The molecule has 0 radical (unpaired) electrons. The van der Waals surface area contributed by atoms with Crippen molar-refractivity contribution < 1.29 is 19.1 Å². The third-order valence-corrected chi connectivity index (χ3v) is 4.89. The molecule has 0 saturated carbocycles. The molecule has 1 fully saturated rings. The minimum Gasteiger partial charge on any atom is -0.480 e. The van der Waals surface area contributed by atoms with Gasteiger partial charge in [0.25, 0.3) is 0 Å². The summed E-state index contributed by atoms with van der Waals surface area (Å²) in [6, 6.07) is 5.19. The first-order chi connectivity index (χ1) is 12.4. The average Bonchev–Trinajstić information content (AvgIpc) is 2.65. The van der Waals surface area contributed by atoms with Gasteiger partial charge in [-0.3, -0.25) is 9.69 Å². The zero-order chi connectivity index (χ0) is 19.1. The van der Waals surface area contributed by atoms with Crippen LogP contribution >= 0.6 is 0 Å². The maximum atomic E-state index is 13.0. The van der Waals surface area contributed by atoms with Gasteiger partial charge in [-0.2, -0.15) is 0 Å². The number of nitrogens with one attached hydrogen (secondary N) is 1. The van der Waals surface area contributed by atoms with Crippen molar-refractivity contribution in [2.24, 2.45) is 0 Å². The Bertz CT molecular complexity index is 601. The summed E-state index contributed by atoms with van der Waals surface area (Å²) in [4.78, 5) is 27.9. The third-order valence-electron chi connectivity index (χ3n) is 4.89. The quantitative estimate of drug-likeness (QED) is 0.738. The van der Waals surface area contributed by atoms with E-state index < -0.39 is 12.0 Å². The van der Waals surface area contributed by atoms with E-state index in [9.17, 15) is 19.1 Å². The summed E-state index contributed by atoms with van der Waals surface area (Å²) in [6.45, 7) is 6.66. The monoisotopic (exact) mass is 365 g/mol. The standard InChI is InChI=1S/C19H28FN3O3/c1-3-4-5-17(19(25)26)21-18(24)14(2)22-10-12-23(13-11-22)16-8-6-15(20)7-9-16/h6-9,14,17H,3-5,10-13H2,1-2H3,(H,21,24)(H,25,26). The van der Waals surface area contributed by atoms with Crippen LogP contribution in [0.2, 0.25) is 0 Å². The van der Waals surface area contributed by atoms with E-state index >= 15 is 0 Å². The molecule has 0 spiro atoms. The minimum atomic E-state index is -0.986. The van der Waals surface area contributed by atoms with Crippen molar-refractivity contribution >= 4 is 17.6 Å². The molecule has 7 heteroatoms. The Morgan fingerprint density at radius 3 is 2.35 bits per heavy atom. The normalized spacial score (nSPS) is 17.6. The van der Waals surface area contributed by atoms with Crippen LogP contribution in [0, 0.1) is 5.82 Å². The lowest BCUT2D eigenvalue weighted by Crippen LogP contribution is -2.55. The Morgan fingerprint density at radius 1 is 1.19 bits per heavy atom. The van der Waals surface area contributed by atoms with Crippen LogP contribution in [-0.4, -0.2) is 60.1 Å². The molecule has 1 aliphatic rings. The van der Waals surface area contributed by atoms with Crippen LogP contribution < -0.4 is 10.2 Å². The molecule has 144 valence electrons. The molecule has 1 aromatic rings. The van der Waals surface area contributed by atoms with Crippen molar-refractivity contribution in [3.8, 4) is 0 Å². The van der Waals surface area contributed by atoms with Crippen molar-refractivity contribution in [1.82, 2.24) is 10.2 Å². The van der Waals surface area contributed by atoms with Gasteiger partial charge in [0.1, 0.15) is 11.9 Å². The van der Waals surface area contributed by atoms with Crippen molar-refractivity contribution in [2.45, 2.75) is 45.2 Å². The fourth-order valence-corrected chi connectivity index (χ4v) is 3.14. The zero-order valence-corrected chi connectivity index (χ0v) is 15.4. The van der Waals surface area contributed by atoms with E-state index in [1.165, 1.54) is 12.1 Å². The zero-order valence-electron chi connectivity index (χ0n) is 15.4. The predicted octanol–water partition coefficient (Wildman–Crippen LogP) is 2.10. The van der Waals surface area contributed by atoms with Crippen LogP contribution in [0.1, 0.15) is 33.1 Å². The fraction of sp³-hybridized carbons (Fsp3) is 0.579. The number of nitrogens with zero attached hydrogens (tertiary/aromatic N) is 2. The number of benzene rings is 1. The third kappa shape index (κ3) is 5.42. The first-order valence-corrected chi connectivity index (χ1v) is 9.20. The van der Waals surface area contributed by atoms with Gasteiger partial charge in [-0.15, -0.1) is 0 Å². The number of carbonyl (C=O) groups excluding carboxylic acids is 1. The van der Waals surface area contributed by atoms with E-state index in [-0.39, 0.29) is 17.8 Å². The summed E-state index contributed by atoms with van der Waals surface area (Å²) in [5, 5.41) is 11.9. The number of anilines is 1. The molecule has 1 heterocycles. The smallest absolute Gasteiger partial charge is 0.326 e. The van der Waals surface area contributed by atoms with Gasteiger partial charge in [0.2, 0.25) is 5.91 Å². The molecule has 1 aromatic carbocycles. The first-order valence-electron chi connectivity index (χ1n) is 9.20. The Morgan fingerprint density at radius 2 is 1.81 bits per heavy atom. The molecule has 6 nitrogen and oxygen atoms in total. The summed E-state index contributed by atoms with van der Waals surface area (Å²) in [5.41, 5.74) is 0.966. The minimum absolute atomic E-state index is 0.247. The molecule has 2 atom stereocenters. The summed E-state index contributed by atoms with van der Waals surface area (Å²) >= 11 is 0. The van der Waals surface area contributed by atoms with Crippen molar-refractivity contribution in [3.05, 3.63) is 30.1 Å². The number of rotatable bonds is 8. The van der Waals surface area contributed by atoms with Gasteiger partial charge in [-0.25, -0.2) is 9.18 Å². The number of amides is 1. The van der Waals surface area contributed by atoms with Crippen LogP contribution in [0.15, 0.2) is 24.3 Å². The van der Waals surface area contributed by atoms with E-state index in [0.29, 0.717) is 19.5 Å². The van der Waals surface area contributed by atoms with Gasteiger partial charge < -0.3 is 15.3 Å². The van der Waals surface area contributed by atoms with E-state index in [2.05, 4.69) is 10.2 Å². The van der Waals surface area contributed by atoms with Crippen molar-refractivity contribution in [3.63, 3.8) is 0 Å². The van der Waals surface area contributed by atoms with E-state index in [1.807, 2.05) is 18.7 Å². The van der Waals surface area contributed by atoms with Crippen LogP contribution in [0.25, 0.3) is 0 Å². The maximum absolute atomic E-state index is 13.0. The highest BCUT2D eigenvalue weighted by molar-refractivity contribution is 5.86. The largest absolute Gasteiger partial charge is 0.480 e. The summed E-state index contributed by atoms with van der Waals surface area (Å²) < 4.78 is 13.0. The molecular weight excluding hydrogens is 337 g/mol. The molecule has 2 unspecified atom stereocenters. The summed E-state index contributed by atoms with van der Waals surface area (Å²) in [6.07, 6.45) is 2.10. The number of carboxylic acid groups (broad SMARTS) is 1. The van der Waals surface area contributed by atoms with Crippen LogP contribution in [0.5, 0.6) is 0 Å². The Labute approximate surface area is 154 Å². The molecule has 1 amide bonds. The highest BCUT2D eigenvalue weighted by Crippen LogP contribution is 2.18. The lowest BCUT2D eigenvalue weighted by Gasteiger charge is -2.38. The Balaban J connectivity index is 1.86. The second kappa shape index (κ2) is 9.52. The Kier molecular flexibility index (Phi) is 7.38. The molecule has 2 N–H and O–H groups in total. The molecule has 0 aromatic heterocycles. The first kappa shape index (κ1) is 20.2. The lowest BCUT2D eigenvalue weighted by atomic mass is 10.1. The average molecular weight is 365 g/mol. The van der Waals surface area contributed by atoms with E-state index in [4.69, 9.17) is 0 Å². The second-order valence-corrected chi connectivity index (χ2v) is 6.72. The fourth-order valence-electron chi connectivity index (χ4n) is 3.14. The van der Waals surface area contributed by atoms with Crippen molar-refractivity contribution in [1.29, 1.82) is 0 Å². The van der Waals surface area contributed by atoms with Crippen LogP contribution in [0.3, 0.4) is 0 Å². The summed E-state index contributed by atoms with van der Waals surface area (Å²) in [5.74, 6) is -1.49. The second-order valence-electron chi connectivity index (χ2n) is 6.72. The van der Waals surface area contributed by atoms with Gasteiger partial charge in [0, 0.05) is 31.9 Å². The van der Waals surface area contributed by atoms with Crippen LogP contribution in [-0.2, 0) is 9.59 Å². The lowest BCUT2D eigenvalue weighted by molar-refractivity contribution is -0.142. The highest BCUT2D eigenvalue weighted by atomic mass is 19.1. The number of hydrogen-bond donors (Lipinski definition) is 2. The highest BCUT2D eigenvalue weighted by Gasteiger charge is 2.28. The molecular formula is C19H28FN3O3. The SMILES string of the molecule is CCCCC(NC(=O)C(C)N1CCN(c2ccc(F)cc2)CC1)C(=O)O. The number of piperazine rings is 1. The van der Waals surface area contributed by atoms with Gasteiger partial charge in [-0.05, 0) is 37.6 Å². The van der Waals surface area contributed by atoms with Gasteiger partial charge >= 0.3 is 5.97 Å². The van der Waals surface area contributed by atoms with E-state index in [1.54, 1.807) is 12.1 Å². The number of carboxylic acids is 1. The molecule has 1 aliphatic heterocycles. The molecule has 2 rings (SSSR count). The topological polar surface area (TPSA) is 72.9 Å². The van der Waals surface area contributed by atoms with Gasteiger partial charge in [-0.1, -0.05) is 19.8 Å². The number of hydrogen-bond acceptors (Lipinski definition) is 4. The van der Waals surface area contributed by atoms with Gasteiger partial charge in [0.05, 0.1) is 6.04 Å². The number of aliphatic carboxylic acids is 1. The number of carbonyl (C=O) groups is 2. The summed E-state index contributed by atoms with van der Waals surface area (Å²) in [7, 11) is 0. The number of unbranched alkanes of at least 4 members (excludes halogenated alkanes) is 1. The van der Waals surface area contributed by atoms with Crippen LogP contribution in [0.4, 0.5) is 10.1 Å². The number of halogens is 1. The molecule has 26 heavy (non-hydrogen) atoms. The molecule has 1 saturated heterocycles. The van der Waals surface area contributed by atoms with Gasteiger partial charge in [0.15, 0.2) is 0 Å².